The predicted molar refractivity (Wildman–Crippen MR) is 66.5 cm³/mol. The van der Waals surface area contributed by atoms with Crippen molar-refractivity contribution in [2.75, 3.05) is 0 Å². The summed E-state index contributed by atoms with van der Waals surface area (Å²) in [5.41, 5.74) is 0.619. The molecule has 0 radical (unpaired) electrons. The Bertz CT molecular complexity index is 602. The quantitative estimate of drug-likeness (QED) is 0.864. The van der Waals surface area contributed by atoms with Crippen LogP contribution < -0.4 is 5.32 Å². The first-order valence-electron chi connectivity index (χ1n) is 5.75. The van der Waals surface area contributed by atoms with Crippen LogP contribution >= 0.6 is 0 Å². The van der Waals surface area contributed by atoms with Crippen LogP contribution in [0.15, 0.2) is 42.5 Å². The van der Waals surface area contributed by atoms with E-state index >= 15 is 0 Å². The zero-order valence-corrected chi connectivity index (χ0v) is 10.2. The molecule has 2 aromatic rings. The third-order valence-electron chi connectivity index (χ3n) is 2.64. The number of nitrogens with one attached hydrogen (secondary N) is 1. The molecule has 0 aliphatic heterocycles. The van der Waals surface area contributed by atoms with Crippen molar-refractivity contribution in [3.63, 3.8) is 0 Å². The van der Waals surface area contributed by atoms with E-state index in [2.05, 4.69) is 10.3 Å². The highest BCUT2D eigenvalue weighted by Crippen LogP contribution is 2.14. The summed E-state index contributed by atoms with van der Waals surface area (Å²) in [7, 11) is 0. The van der Waals surface area contributed by atoms with E-state index < -0.39 is 17.9 Å². The Morgan fingerprint density at radius 2 is 1.95 bits per heavy atom. The second-order valence-corrected chi connectivity index (χ2v) is 4.10. The largest absolute Gasteiger partial charge is 0.344 e. The zero-order chi connectivity index (χ0) is 13.8. The Balaban J connectivity index is 2.11. The third kappa shape index (κ3) is 3.34. The summed E-state index contributed by atoms with van der Waals surface area (Å²) in [4.78, 5) is 15.3. The van der Waals surface area contributed by atoms with Crippen LogP contribution in [0.4, 0.5) is 8.78 Å². The number of carbonyl (C=O) groups is 1. The van der Waals surface area contributed by atoms with Crippen molar-refractivity contribution in [3.8, 4) is 0 Å². The minimum absolute atomic E-state index is 0.0109. The van der Waals surface area contributed by atoms with Crippen LogP contribution in [0, 0.1) is 11.8 Å². The lowest BCUT2D eigenvalue weighted by Crippen LogP contribution is -2.27. The van der Waals surface area contributed by atoms with Crippen LogP contribution in [0.2, 0.25) is 0 Å². The average molecular weight is 262 g/mol. The Kier molecular flexibility index (Phi) is 3.85. The normalized spacial score (nSPS) is 11.9. The van der Waals surface area contributed by atoms with E-state index in [1.807, 2.05) is 0 Å². The molecule has 0 saturated heterocycles. The smallest absolute Gasteiger partial charge is 0.270 e. The number of hydrogen-bond donors (Lipinski definition) is 1. The standard InChI is InChI=1S/C14H12F2N2O/c1-9(10-4-2-5-11(15)8-10)17-14(19)12-6-3-7-13(16)18-12/h2-9H,1H3,(H,17,19). The number of hydrogen-bond acceptors (Lipinski definition) is 2. The van der Waals surface area contributed by atoms with Gasteiger partial charge in [0.05, 0.1) is 6.04 Å². The lowest BCUT2D eigenvalue weighted by molar-refractivity contribution is 0.0933. The molecule has 5 heteroatoms. The highest BCUT2D eigenvalue weighted by molar-refractivity contribution is 5.92. The van der Waals surface area contributed by atoms with E-state index in [0.717, 1.165) is 6.07 Å². The molecule has 0 fully saturated rings. The molecule has 0 spiro atoms. The van der Waals surface area contributed by atoms with Gasteiger partial charge < -0.3 is 5.32 Å². The molecular formula is C14H12F2N2O. The van der Waals surface area contributed by atoms with Gasteiger partial charge in [0.2, 0.25) is 5.95 Å². The van der Waals surface area contributed by atoms with E-state index in [0.29, 0.717) is 5.56 Å². The molecule has 2 rings (SSSR count). The molecule has 0 aliphatic carbocycles. The second-order valence-electron chi connectivity index (χ2n) is 4.10. The number of aromatic nitrogens is 1. The van der Waals surface area contributed by atoms with Gasteiger partial charge in [-0.15, -0.1) is 0 Å². The minimum atomic E-state index is -0.717. The summed E-state index contributed by atoms with van der Waals surface area (Å²) in [6, 6.07) is 9.51. The molecule has 0 saturated carbocycles. The predicted octanol–water partition coefficient (Wildman–Crippen LogP) is 2.85. The van der Waals surface area contributed by atoms with Crippen molar-refractivity contribution >= 4 is 5.91 Å². The fourth-order valence-corrected chi connectivity index (χ4v) is 1.66. The number of rotatable bonds is 3. The average Bonchev–Trinajstić information content (AvgIpc) is 2.38. The molecule has 1 unspecified atom stereocenters. The molecule has 1 N–H and O–H groups in total. The van der Waals surface area contributed by atoms with Crippen LogP contribution in [-0.2, 0) is 0 Å². The van der Waals surface area contributed by atoms with Crippen molar-refractivity contribution in [1.29, 1.82) is 0 Å². The number of benzene rings is 1. The van der Waals surface area contributed by atoms with Crippen molar-refractivity contribution in [1.82, 2.24) is 10.3 Å². The minimum Gasteiger partial charge on any atom is -0.344 e. The van der Waals surface area contributed by atoms with Crippen molar-refractivity contribution < 1.29 is 13.6 Å². The van der Waals surface area contributed by atoms with Gasteiger partial charge >= 0.3 is 0 Å². The van der Waals surface area contributed by atoms with Gasteiger partial charge in [0, 0.05) is 0 Å². The van der Waals surface area contributed by atoms with Gasteiger partial charge in [0.1, 0.15) is 11.5 Å². The zero-order valence-electron chi connectivity index (χ0n) is 10.2. The number of carbonyl (C=O) groups excluding carboxylic acids is 1. The summed E-state index contributed by atoms with van der Waals surface area (Å²) in [6.07, 6.45) is 0. The van der Waals surface area contributed by atoms with Gasteiger partial charge in [-0.2, -0.15) is 4.39 Å². The fourth-order valence-electron chi connectivity index (χ4n) is 1.66. The number of pyridine rings is 1. The summed E-state index contributed by atoms with van der Waals surface area (Å²) < 4.78 is 26.0. The highest BCUT2D eigenvalue weighted by atomic mass is 19.1. The van der Waals surface area contributed by atoms with Crippen LogP contribution in [0.25, 0.3) is 0 Å². The Labute approximate surface area is 109 Å². The monoisotopic (exact) mass is 262 g/mol. The number of halogens is 2. The summed E-state index contributed by atoms with van der Waals surface area (Å²) in [5.74, 6) is -1.59. The summed E-state index contributed by atoms with van der Waals surface area (Å²) >= 11 is 0. The van der Waals surface area contributed by atoms with Gasteiger partial charge in [-0.1, -0.05) is 18.2 Å². The molecule has 1 aromatic carbocycles. The molecule has 3 nitrogen and oxygen atoms in total. The molecule has 19 heavy (non-hydrogen) atoms. The van der Waals surface area contributed by atoms with Crippen LogP contribution in [0.1, 0.15) is 29.0 Å². The molecule has 1 atom stereocenters. The van der Waals surface area contributed by atoms with Gasteiger partial charge in [-0.05, 0) is 36.8 Å². The fraction of sp³-hybridized carbons (Fsp3) is 0.143. The van der Waals surface area contributed by atoms with E-state index in [1.54, 1.807) is 19.1 Å². The Hall–Kier alpha value is -2.30. The molecule has 1 aromatic heterocycles. The van der Waals surface area contributed by atoms with Gasteiger partial charge in [0.25, 0.3) is 5.91 Å². The first-order valence-corrected chi connectivity index (χ1v) is 5.75. The number of nitrogens with zero attached hydrogens (tertiary/aromatic N) is 1. The second kappa shape index (κ2) is 5.56. The van der Waals surface area contributed by atoms with Crippen LogP contribution in [0.3, 0.4) is 0 Å². The van der Waals surface area contributed by atoms with E-state index in [1.165, 1.54) is 24.3 Å². The maximum absolute atomic E-state index is 13.1. The highest BCUT2D eigenvalue weighted by Gasteiger charge is 2.13. The van der Waals surface area contributed by atoms with Crippen molar-refractivity contribution in [3.05, 3.63) is 65.5 Å². The van der Waals surface area contributed by atoms with Crippen molar-refractivity contribution in [2.45, 2.75) is 13.0 Å². The SMILES string of the molecule is CC(NC(=O)c1cccc(F)n1)c1cccc(F)c1. The topological polar surface area (TPSA) is 42.0 Å². The Morgan fingerprint density at radius 3 is 2.63 bits per heavy atom. The van der Waals surface area contributed by atoms with E-state index in [-0.39, 0.29) is 11.5 Å². The van der Waals surface area contributed by atoms with Gasteiger partial charge in [-0.25, -0.2) is 9.37 Å². The number of amides is 1. The molecule has 1 heterocycles. The maximum Gasteiger partial charge on any atom is 0.270 e. The molecular weight excluding hydrogens is 250 g/mol. The van der Waals surface area contributed by atoms with Gasteiger partial charge in [-0.3, -0.25) is 4.79 Å². The third-order valence-corrected chi connectivity index (χ3v) is 2.64. The molecule has 0 bridgehead atoms. The van der Waals surface area contributed by atoms with E-state index in [9.17, 15) is 13.6 Å². The summed E-state index contributed by atoms with van der Waals surface area (Å²) in [5, 5.41) is 2.63. The van der Waals surface area contributed by atoms with E-state index in [4.69, 9.17) is 0 Å². The lowest BCUT2D eigenvalue weighted by atomic mass is 10.1. The molecule has 0 aliphatic rings. The first-order chi connectivity index (χ1) is 9.06. The summed E-state index contributed by atoms with van der Waals surface area (Å²) in [6.45, 7) is 1.71. The molecule has 1 amide bonds. The van der Waals surface area contributed by atoms with Crippen LogP contribution in [0.5, 0.6) is 0 Å². The molecule has 98 valence electrons. The van der Waals surface area contributed by atoms with Crippen molar-refractivity contribution in [2.24, 2.45) is 0 Å². The van der Waals surface area contributed by atoms with Crippen LogP contribution in [-0.4, -0.2) is 10.9 Å². The first kappa shape index (κ1) is 13.1. The van der Waals surface area contributed by atoms with Gasteiger partial charge in [0.15, 0.2) is 0 Å². The maximum atomic E-state index is 13.1. The Morgan fingerprint density at radius 1 is 1.21 bits per heavy atom. The lowest BCUT2D eigenvalue weighted by Gasteiger charge is -2.14.